The molecule has 0 spiro atoms. The fraction of sp³-hybridized carbons (Fsp3) is 0.458. The van der Waals surface area contributed by atoms with Crippen molar-refractivity contribution in [1.29, 1.82) is 0 Å². The van der Waals surface area contributed by atoms with Crippen molar-refractivity contribution in [1.82, 2.24) is 5.32 Å². The number of benzene rings is 2. The Labute approximate surface area is 171 Å². The minimum absolute atomic E-state index is 0.192. The number of fused-ring (bicyclic) bond motifs is 2. The number of nitrogens with one attached hydrogen (secondary N) is 1. The predicted molar refractivity (Wildman–Crippen MR) is 111 cm³/mol. The van der Waals surface area contributed by atoms with Gasteiger partial charge in [0.1, 0.15) is 0 Å². The summed E-state index contributed by atoms with van der Waals surface area (Å²) in [5.41, 5.74) is 9.51. The van der Waals surface area contributed by atoms with Crippen molar-refractivity contribution in [2.24, 2.45) is 0 Å². The number of esters is 1. The van der Waals surface area contributed by atoms with Gasteiger partial charge < -0.3 is 14.8 Å². The van der Waals surface area contributed by atoms with E-state index in [9.17, 15) is 9.18 Å². The molecule has 0 saturated heterocycles. The molecule has 2 aromatic rings. The molecule has 0 unspecified atom stereocenters. The fourth-order valence-corrected chi connectivity index (χ4v) is 4.85. The molecule has 4 nitrogen and oxygen atoms in total. The highest BCUT2D eigenvalue weighted by Gasteiger charge is 2.28. The third-order valence-corrected chi connectivity index (χ3v) is 6.33. The van der Waals surface area contributed by atoms with Crippen LogP contribution < -0.4 is 10.1 Å². The molecule has 1 N–H and O–H groups in total. The van der Waals surface area contributed by atoms with Crippen molar-refractivity contribution in [3.8, 4) is 16.9 Å². The van der Waals surface area contributed by atoms with E-state index in [0.29, 0.717) is 19.0 Å². The summed E-state index contributed by atoms with van der Waals surface area (Å²) in [6.45, 7) is 10.5. The number of carbonyl (C=O) groups excluding carboxylic acids is 1. The molecule has 0 atom stereocenters. The summed E-state index contributed by atoms with van der Waals surface area (Å²) < 4.78 is 25.9. The van der Waals surface area contributed by atoms with Gasteiger partial charge in [0.2, 0.25) is 0 Å². The highest BCUT2D eigenvalue weighted by Crippen LogP contribution is 2.43. The van der Waals surface area contributed by atoms with Gasteiger partial charge in [-0.05, 0) is 91.1 Å². The maximum atomic E-state index is 15.0. The second kappa shape index (κ2) is 7.79. The maximum absolute atomic E-state index is 15.0. The van der Waals surface area contributed by atoms with E-state index < -0.39 is 0 Å². The van der Waals surface area contributed by atoms with E-state index in [0.717, 1.165) is 64.9 Å². The smallest absolute Gasteiger partial charge is 0.310 e. The largest absolute Gasteiger partial charge is 0.490 e. The molecule has 0 fully saturated rings. The Morgan fingerprint density at radius 1 is 1.14 bits per heavy atom. The average molecular weight is 397 g/mol. The Hall–Kier alpha value is -2.40. The van der Waals surface area contributed by atoms with Crippen LogP contribution >= 0.6 is 0 Å². The standard InChI is InChI=1S/C24H28FNO3/c1-5-28-22(27)10-18-14(3)19-11-26-12-20(19)15(4)23(18)17-9-21(25)24-16(13(17)2)7-6-8-29-24/h9,26H,5-8,10-12H2,1-4H3. The van der Waals surface area contributed by atoms with Gasteiger partial charge in [-0.25, -0.2) is 4.39 Å². The second-order valence-electron chi connectivity index (χ2n) is 7.94. The Morgan fingerprint density at radius 2 is 1.86 bits per heavy atom. The summed E-state index contributed by atoms with van der Waals surface area (Å²) in [6.07, 6.45) is 1.89. The van der Waals surface area contributed by atoms with Crippen LogP contribution in [0.15, 0.2) is 6.07 Å². The first-order valence-electron chi connectivity index (χ1n) is 10.4. The van der Waals surface area contributed by atoms with Crippen LogP contribution in [0.5, 0.6) is 5.75 Å². The van der Waals surface area contributed by atoms with Gasteiger partial charge in [0, 0.05) is 18.7 Å². The van der Waals surface area contributed by atoms with Gasteiger partial charge in [-0.1, -0.05) is 0 Å². The molecule has 0 amide bonds. The molecule has 0 aliphatic carbocycles. The summed E-state index contributed by atoms with van der Waals surface area (Å²) in [5, 5.41) is 3.42. The first kappa shape index (κ1) is 19.9. The lowest BCUT2D eigenvalue weighted by Crippen LogP contribution is -2.15. The molecule has 4 rings (SSSR count). The van der Waals surface area contributed by atoms with E-state index in [2.05, 4.69) is 19.2 Å². The third kappa shape index (κ3) is 3.31. The molecular formula is C24H28FNO3. The van der Waals surface area contributed by atoms with Gasteiger partial charge in [0.15, 0.2) is 11.6 Å². The minimum Gasteiger partial charge on any atom is -0.490 e. The normalized spacial score (nSPS) is 14.9. The highest BCUT2D eigenvalue weighted by atomic mass is 19.1. The Balaban J connectivity index is 1.97. The molecule has 0 bridgehead atoms. The molecule has 29 heavy (non-hydrogen) atoms. The van der Waals surface area contributed by atoms with Gasteiger partial charge in [-0.2, -0.15) is 0 Å². The van der Waals surface area contributed by atoms with Crippen LogP contribution in [0.1, 0.15) is 52.3 Å². The number of carbonyl (C=O) groups is 1. The summed E-state index contributed by atoms with van der Waals surface area (Å²) in [5.74, 6) is -0.179. The SMILES string of the molecule is CCOC(=O)Cc1c(C)c2c(c(C)c1-c1cc(F)c3c(c1C)CCCO3)CNC2. The van der Waals surface area contributed by atoms with Gasteiger partial charge >= 0.3 is 5.97 Å². The maximum Gasteiger partial charge on any atom is 0.310 e. The van der Waals surface area contributed by atoms with Gasteiger partial charge in [0.05, 0.1) is 19.6 Å². The van der Waals surface area contributed by atoms with Crippen molar-refractivity contribution in [3.63, 3.8) is 0 Å². The lowest BCUT2D eigenvalue weighted by atomic mass is 9.81. The summed E-state index contributed by atoms with van der Waals surface area (Å²) in [6, 6.07) is 1.59. The number of hydrogen-bond donors (Lipinski definition) is 1. The van der Waals surface area contributed by atoms with E-state index >= 15 is 0 Å². The fourth-order valence-electron chi connectivity index (χ4n) is 4.85. The number of hydrogen-bond acceptors (Lipinski definition) is 4. The third-order valence-electron chi connectivity index (χ3n) is 6.33. The zero-order valence-corrected chi connectivity index (χ0v) is 17.6. The topological polar surface area (TPSA) is 47.6 Å². The Morgan fingerprint density at radius 3 is 2.59 bits per heavy atom. The van der Waals surface area contributed by atoms with Gasteiger partial charge in [0.25, 0.3) is 0 Å². The van der Waals surface area contributed by atoms with Crippen molar-refractivity contribution < 1.29 is 18.7 Å². The molecule has 0 aromatic heterocycles. The molecule has 154 valence electrons. The zero-order chi connectivity index (χ0) is 20.7. The predicted octanol–water partition coefficient (Wildman–Crippen LogP) is 4.45. The highest BCUT2D eigenvalue weighted by molar-refractivity contribution is 5.84. The molecule has 5 heteroatoms. The van der Waals surface area contributed by atoms with Crippen molar-refractivity contribution in [2.45, 2.75) is 60.0 Å². The van der Waals surface area contributed by atoms with Gasteiger partial charge in [-0.15, -0.1) is 0 Å². The van der Waals surface area contributed by atoms with E-state index in [1.54, 1.807) is 6.07 Å². The van der Waals surface area contributed by atoms with Crippen molar-refractivity contribution >= 4 is 5.97 Å². The second-order valence-corrected chi connectivity index (χ2v) is 7.94. The van der Waals surface area contributed by atoms with Crippen LogP contribution in [0.2, 0.25) is 0 Å². The zero-order valence-electron chi connectivity index (χ0n) is 17.6. The quantitative estimate of drug-likeness (QED) is 0.775. The van der Waals surface area contributed by atoms with E-state index in [1.165, 1.54) is 11.1 Å². The average Bonchev–Trinajstić information content (AvgIpc) is 3.20. The summed E-state index contributed by atoms with van der Waals surface area (Å²) in [7, 11) is 0. The molecule has 0 saturated carbocycles. The van der Waals surface area contributed by atoms with Crippen LogP contribution in [0.3, 0.4) is 0 Å². The molecule has 2 aliphatic heterocycles. The van der Waals surface area contributed by atoms with Crippen molar-refractivity contribution in [3.05, 3.63) is 50.8 Å². The van der Waals surface area contributed by atoms with Crippen LogP contribution in [-0.4, -0.2) is 19.2 Å². The lowest BCUT2D eigenvalue weighted by molar-refractivity contribution is -0.142. The first-order valence-corrected chi connectivity index (χ1v) is 10.4. The molecular weight excluding hydrogens is 369 g/mol. The van der Waals surface area contributed by atoms with Crippen LogP contribution in [0.25, 0.3) is 11.1 Å². The van der Waals surface area contributed by atoms with Crippen LogP contribution in [0.4, 0.5) is 4.39 Å². The number of rotatable bonds is 4. The number of ether oxygens (including phenoxy) is 2. The summed E-state index contributed by atoms with van der Waals surface area (Å²) >= 11 is 0. The first-order chi connectivity index (χ1) is 13.9. The summed E-state index contributed by atoms with van der Waals surface area (Å²) in [4.78, 5) is 12.4. The van der Waals surface area contributed by atoms with Crippen LogP contribution in [0, 0.1) is 26.6 Å². The van der Waals surface area contributed by atoms with Gasteiger partial charge in [-0.3, -0.25) is 4.79 Å². The molecule has 2 aliphatic rings. The Bertz CT molecular complexity index is 997. The van der Waals surface area contributed by atoms with Crippen molar-refractivity contribution in [2.75, 3.05) is 13.2 Å². The van der Waals surface area contributed by atoms with E-state index in [-0.39, 0.29) is 18.2 Å². The molecule has 0 radical (unpaired) electrons. The monoisotopic (exact) mass is 397 g/mol. The molecule has 2 aromatic carbocycles. The van der Waals surface area contributed by atoms with E-state index in [1.807, 2.05) is 13.8 Å². The minimum atomic E-state index is -0.321. The number of halogens is 1. The van der Waals surface area contributed by atoms with E-state index in [4.69, 9.17) is 9.47 Å². The molecule has 2 heterocycles. The Kier molecular flexibility index (Phi) is 5.34. The lowest BCUT2D eigenvalue weighted by Gasteiger charge is -2.25. The van der Waals surface area contributed by atoms with Crippen LogP contribution in [-0.2, 0) is 35.5 Å².